The molecule has 0 amide bonds. The highest BCUT2D eigenvalue weighted by Crippen LogP contribution is 2.31. The summed E-state index contributed by atoms with van der Waals surface area (Å²) in [6, 6.07) is 15.1. The first-order valence-corrected chi connectivity index (χ1v) is 11.0. The van der Waals surface area contributed by atoms with Gasteiger partial charge in [-0.25, -0.2) is 9.67 Å². The van der Waals surface area contributed by atoms with E-state index in [1.165, 1.54) is 0 Å². The maximum Gasteiger partial charge on any atom is 0.203 e. The smallest absolute Gasteiger partial charge is 0.203 e. The monoisotopic (exact) mass is 473 g/mol. The number of hydrogen-bond acceptors (Lipinski definition) is 8. The van der Waals surface area contributed by atoms with Crippen LogP contribution in [0.1, 0.15) is 35.2 Å². The van der Waals surface area contributed by atoms with Crippen LogP contribution in [0.3, 0.4) is 0 Å². The lowest BCUT2D eigenvalue weighted by Gasteiger charge is -2.38. The van der Waals surface area contributed by atoms with Crippen molar-refractivity contribution in [3.63, 3.8) is 0 Å². The average Bonchev–Trinajstić information content (AvgIpc) is 3.20. The second-order valence-electron chi connectivity index (χ2n) is 7.90. The maximum atomic E-state index is 10.8. The first-order chi connectivity index (χ1) is 15.9. The molecule has 3 unspecified atom stereocenters. The van der Waals surface area contributed by atoms with Crippen LogP contribution in [0.2, 0.25) is 5.02 Å². The number of nitrogens with zero attached hydrogens (tertiary/aromatic N) is 4. The van der Waals surface area contributed by atoms with Crippen molar-refractivity contribution in [3.05, 3.63) is 76.3 Å². The van der Waals surface area contributed by atoms with E-state index in [0.29, 0.717) is 16.7 Å². The highest BCUT2D eigenvalue weighted by molar-refractivity contribution is 6.30. The van der Waals surface area contributed by atoms with Crippen molar-refractivity contribution in [2.24, 2.45) is 5.73 Å². The number of aliphatic hydroxyl groups is 1. The minimum absolute atomic E-state index is 0.0319. The molecule has 0 radical (unpaired) electrons. The van der Waals surface area contributed by atoms with Crippen molar-refractivity contribution in [3.8, 4) is 5.69 Å². The topological polar surface area (TPSA) is 108 Å². The van der Waals surface area contributed by atoms with Crippen LogP contribution >= 0.6 is 11.6 Å². The van der Waals surface area contributed by atoms with Crippen LogP contribution in [-0.2, 0) is 14.3 Å². The van der Waals surface area contributed by atoms with Crippen molar-refractivity contribution < 1.29 is 19.4 Å². The molecular formula is C23H28ClN5O4. The number of rotatable bonds is 7. The summed E-state index contributed by atoms with van der Waals surface area (Å²) >= 11 is 6.23. The van der Waals surface area contributed by atoms with E-state index >= 15 is 0 Å². The summed E-state index contributed by atoms with van der Waals surface area (Å²) in [5.41, 5.74) is 8.39. The molecule has 0 aliphatic carbocycles. The molecule has 1 saturated heterocycles. The normalized spacial score (nSPS) is 21.2. The lowest BCUT2D eigenvalue weighted by molar-refractivity contribution is -0.386. The molecule has 0 spiro atoms. The minimum atomic E-state index is -1.04. The average molecular weight is 474 g/mol. The number of halogens is 1. The second-order valence-corrected chi connectivity index (χ2v) is 8.34. The van der Waals surface area contributed by atoms with E-state index in [9.17, 15) is 5.11 Å². The molecule has 4 atom stereocenters. The van der Waals surface area contributed by atoms with E-state index in [-0.39, 0.29) is 13.2 Å². The number of aryl methyl sites for hydroxylation is 2. The first kappa shape index (κ1) is 23.8. The Kier molecular flexibility index (Phi) is 7.40. The van der Waals surface area contributed by atoms with Crippen LogP contribution in [0.4, 0.5) is 0 Å². The number of likely N-dealkylation sites (N-methyl/N-ethyl adjacent to an activating group) is 1. The molecule has 2 aromatic carbocycles. The van der Waals surface area contributed by atoms with Gasteiger partial charge in [0.1, 0.15) is 11.9 Å². The highest BCUT2D eigenvalue weighted by Gasteiger charge is 2.36. The molecule has 176 valence electrons. The van der Waals surface area contributed by atoms with Crippen molar-refractivity contribution in [2.75, 3.05) is 20.2 Å². The second kappa shape index (κ2) is 10.3. The van der Waals surface area contributed by atoms with Gasteiger partial charge in [0.05, 0.1) is 18.4 Å². The Morgan fingerprint density at radius 2 is 2.00 bits per heavy atom. The van der Waals surface area contributed by atoms with Gasteiger partial charge in [0.2, 0.25) is 6.29 Å². The van der Waals surface area contributed by atoms with Gasteiger partial charge >= 0.3 is 0 Å². The van der Waals surface area contributed by atoms with E-state index in [0.717, 1.165) is 16.8 Å². The third-order valence-corrected chi connectivity index (χ3v) is 5.65. The summed E-state index contributed by atoms with van der Waals surface area (Å²) in [5, 5.41) is 17.4. The van der Waals surface area contributed by atoms with Gasteiger partial charge in [-0.15, -0.1) is 0 Å². The molecule has 1 aromatic heterocycles. The summed E-state index contributed by atoms with van der Waals surface area (Å²) in [4.78, 5) is 10.5. The molecule has 3 N–H and O–H groups in total. The summed E-state index contributed by atoms with van der Waals surface area (Å²) in [6.07, 6.45) is -3.08. The lowest BCUT2D eigenvalue weighted by Crippen LogP contribution is -2.46. The van der Waals surface area contributed by atoms with Crippen molar-refractivity contribution in [1.29, 1.82) is 0 Å². The molecule has 1 aliphatic rings. The summed E-state index contributed by atoms with van der Waals surface area (Å²) in [6.45, 7) is 3.90. The lowest BCUT2D eigenvalue weighted by atomic mass is 10.1. The van der Waals surface area contributed by atoms with Gasteiger partial charge in [-0.3, -0.25) is 4.84 Å². The Morgan fingerprint density at radius 1 is 1.24 bits per heavy atom. The number of aromatic nitrogens is 3. The van der Waals surface area contributed by atoms with Crippen molar-refractivity contribution >= 4 is 11.6 Å². The molecule has 0 saturated carbocycles. The number of hydrogen-bond donors (Lipinski definition) is 2. The van der Waals surface area contributed by atoms with Gasteiger partial charge < -0.3 is 20.3 Å². The van der Waals surface area contributed by atoms with Crippen LogP contribution in [0, 0.1) is 13.8 Å². The van der Waals surface area contributed by atoms with Crippen LogP contribution < -0.4 is 5.73 Å². The van der Waals surface area contributed by atoms with E-state index in [1.807, 2.05) is 43.3 Å². The van der Waals surface area contributed by atoms with E-state index < -0.39 is 24.7 Å². The molecular weight excluding hydrogens is 446 g/mol. The third kappa shape index (κ3) is 5.25. The fraction of sp³-hybridized carbons (Fsp3) is 0.391. The molecule has 33 heavy (non-hydrogen) atoms. The number of nitrogens with two attached hydrogens (primary N) is 1. The van der Waals surface area contributed by atoms with E-state index in [2.05, 4.69) is 10.1 Å². The Labute approximate surface area is 197 Å². The quantitative estimate of drug-likeness (QED) is 0.539. The highest BCUT2D eigenvalue weighted by atomic mass is 35.5. The fourth-order valence-corrected chi connectivity index (χ4v) is 3.80. The van der Waals surface area contributed by atoms with E-state index in [1.54, 1.807) is 35.8 Å². The number of hydroxylamine groups is 2. The zero-order valence-corrected chi connectivity index (χ0v) is 19.5. The molecule has 9 nitrogen and oxygen atoms in total. The first-order valence-electron chi connectivity index (χ1n) is 10.7. The standard InChI is InChI=1S/C23H28ClN5O4/c1-14-9-10-17(24)11-18(14)29-22(26-15(2)27-29)21(19(30)12-25)32-20-13-31-23(33-28(20)3)16-7-5-4-6-8-16/h4-11,19-21,23,30H,12-13,25H2,1-3H3/t19-,20?,21?,23?/m0/s1. The van der Waals surface area contributed by atoms with Crippen LogP contribution in [0.25, 0.3) is 5.69 Å². The predicted molar refractivity (Wildman–Crippen MR) is 123 cm³/mol. The van der Waals surface area contributed by atoms with Gasteiger partial charge in [0, 0.05) is 24.2 Å². The molecule has 10 heteroatoms. The molecule has 4 rings (SSSR count). The zero-order valence-electron chi connectivity index (χ0n) is 18.8. The Hall–Kier alpha value is -2.37. The third-order valence-electron chi connectivity index (χ3n) is 5.42. The van der Waals surface area contributed by atoms with Crippen LogP contribution in [0.15, 0.2) is 48.5 Å². The Morgan fingerprint density at radius 3 is 2.70 bits per heavy atom. The number of benzene rings is 2. The van der Waals surface area contributed by atoms with Crippen LogP contribution in [-0.4, -0.2) is 57.5 Å². The van der Waals surface area contributed by atoms with Gasteiger partial charge in [0.25, 0.3) is 0 Å². The van der Waals surface area contributed by atoms with Gasteiger partial charge in [-0.1, -0.05) is 48.0 Å². The molecule has 3 aromatic rings. The molecule has 2 heterocycles. The van der Waals surface area contributed by atoms with Gasteiger partial charge in [-0.2, -0.15) is 10.2 Å². The largest absolute Gasteiger partial charge is 0.389 e. The SMILES string of the molecule is Cc1nc(C(OC2COC(c3ccccc3)ON2C)[C@@H](O)CN)n(-c2cc(Cl)ccc2C)n1. The van der Waals surface area contributed by atoms with Crippen molar-refractivity contribution in [1.82, 2.24) is 19.8 Å². The summed E-state index contributed by atoms with van der Waals surface area (Å²) in [7, 11) is 1.76. The number of aliphatic hydroxyl groups excluding tert-OH is 1. The summed E-state index contributed by atoms with van der Waals surface area (Å²) < 4.78 is 13.8. The van der Waals surface area contributed by atoms with Crippen molar-refractivity contribution in [2.45, 2.75) is 38.6 Å². The van der Waals surface area contributed by atoms with Gasteiger partial charge in [-0.05, 0) is 31.5 Å². The zero-order chi connectivity index (χ0) is 23.5. The number of ether oxygens (including phenoxy) is 2. The van der Waals surface area contributed by atoms with Crippen LogP contribution in [0.5, 0.6) is 0 Å². The Balaban J connectivity index is 1.60. The molecule has 1 aliphatic heterocycles. The Bertz CT molecular complexity index is 1080. The minimum Gasteiger partial charge on any atom is -0.389 e. The van der Waals surface area contributed by atoms with Gasteiger partial charge in [0.15, 0.2) is 12.1 Å². The predicted octanol–water partition coefficient (Wildman–Crippen LogP) is 2.83. The maximum absolute atomic E-state index is 10.8. The van der Waals surface area contributed by atoms with E-state index in [4.69, 9.17) is 31.6 Å². The fourth-order valence-electron chi connectivity index (χ4n) is 3.64. The molecule has 0 bridgehead atoms. The summed E-state index contributed by atoms with van der Waals surface area (Å²) in [5.74, 6) is 0.935. The molecule has 1 fully saturated rings.